The molecule has 0 amide bonds. The van der Waals surface area contributed by atoms with E-state index in [4.69, 9.17) is 0 Å². The minimum atomic E-state index is 0.353. The molecule has 0 radical (unpaired) electrons. The normalized spacial score (nSPS) is 12.6. The number of thiophene rings is 1. The van der Waals surface area contributed by atoms with Crippen LogP contribution >= 0.6 is 49.9 Å². The number of likely N-dealkylation sites (N-methyl/N-ethyl adjacent to an activating group) is 1. The summed E-state index contributed by atoms with van der Waals surface area (Å²) in [5, 5.41) is 5.58. The Morgan fingerprint density at radius 1 is 1.47 bits per heavy atom. The first-order chi connectivity index (χ1) is 8.19. The summed E-state index contributed by atoms with van der Waals surface area (Å²) < 4.78 is 2.36. The first kappa shape index (κ1) is 13.5. The summed E-state index contributed by atoms with van der Waals surface area (Å²) in [5.41, 5.74) is 2.59. The Hall–Kier alpha value is 0.0200. The van der Waals surface area contributed by atoms with Crippen molar-refractivity contribution in [3.63, 3.8) is 0 Å². The molecule has 2 nitrogen and oxygen atoms in total. The topological polar surface area (TPSA) is 24.9 Å². The van der Waals surface area contributed by atoms with Crippen LogP contribution in [0.15, 0.2) is 34.4 Å². The van der Waals surface area contributed by atoms with Crippen molar-refractivity contribution >= 4 is 49.9 Å². The molecule has 1 atom stereocenters. The first-order valence-electron chi connectivity index (χ1n) is 5.19. The molecule has 5 heteroatoms. The van der Waals surface area contributed by atoms with Crippen LogP contribution in [0.25, 0.3) is 0 Å². The lowest BCUT2D eigenvalue weighted by Gasteiger charge is -2.14. The highest BCUT2D eigenvalue weighted by Gasteiger charge is 2.12. The fourth-order valence-corrected chi connectivity index (χ4v) is 3.53. The van der Waals surface area contributed by atoms with Gasteiger partial charge in [0.2, 0.25) is 0 Å². The second-order valence-electron chi connectivity index (χ2n) is 3.74. The number of rotatable bonds is 4. The fourth-order valence-electron chi connectivity index (χ4n) is 1.70. The molecule has 2 rings (SSSR count). The maximum Gasteiger partial charge on any atom is 0.0656 e. The maximum absolute atomic E-state index is 4.20. The van der Waals surface area contributed by atoms with Crippen LogP contribution in [0.2, 0.25) is 0 Å². The summed E-state index contributed by atoms with van der Waals surface area (Å²) in [4.78, 5) is 4.20. The van der Waals surface area contributed by atoms with E-state index in [0.29, 0.717) is 6.04 Å². The van der Waals surface area contributed by atoms with Crippen molar-refractivity contribution in [3.8, 4) is 0 Å². The van der Waals surface area contributed by atoms with Crippen LogP contribution in [0, 0.1) is 2.88 Å². The second-order valence-corrected chi connectivity index (χ2v) is 7.46. The average molecular weight is 423 g/mol. The van der Waals surface area contributed by atoms with Crippen LogP contribution < -0.4 is 5.32 Å². The van der Waals surface area contributed by atoms with Crippen molar-refractivity contribution < 1.29 is 0 Å². The SMILES string of the molecule is CNC(Cc1cncc(Br)c1)c1csc(I)c1. The highest BCUT2D eigenvalue weighted by atomic mass is 127. The van der Waals surface area contributed by atoms with Crippen molar-refractivity contribution in [2.45, 2.75) is 12.5 Å². The van der Waals surface area contributed by atoms with E-state index in [-0.39, 0.29) is 0 Å². The van der Waals surface area contributed by atoms with Gasteiger partial charge in [0.1, 0.15) is 0 Å². The average Bonchev–Trinajstić information content (AvgIpc) is 2.73. The van der Waals surface area contributed by atoms with Crippen LogP contribution in [0.4, 0.5) is 0 Å². The van der Waals surface area contributed by atoms with Gasteiger partial charge in [0.05, 0.1) is 2.88 Å². The van der Waals surface area contributed by atoms with Gasteiger partial charge in [-0.05, 0) is 80.6 Å². The zero-order valence-corrected chi connectivity index (χ0v) is 13.8. The van der Waals surface area contributed by atoms with Gasteiger partial charge in [0, 0.05) is 22.9 Å². The van der Waals surface area contributed by atoms with Gasteiger partial charge in [0.25, 0.3) is 0 Å². The third-order valence-electron chi connectivity index (χ3n) is 2.54. The van der Waals surface area contributed by atoms with Gasteiger partial charge in [-0.25, -0.2) is 0 Å². The van der Waals surface area contributed by atoms with Crippen molar-refractivity contribution in [2.75, 3.05) is 7.05 Å². The Balaban J connectivity index is 2.15. The molecule has 1 unspecified atom stereocenters. The van der Waals surface area contributed by atoms with E-state index in [2.05, 4.69) is 66.3 Å². The number of hydrogen-bond acceptors (Lipinski definition) is 3. The number of nitrogens with one attached hydrogen (secondary N) is 1. The molecule has 0 bridgehead atoms. The Labute approximate surface area is 127 Å². The van der Waals surface area contributed by atoms with Crippen molar-refractivity contribution in [2.24, 2.45) is 0 Å². The predicted octanol–water partition coefficient (Wildman–Crippen LogP) is 4.01. The van der Waals surface area contributed by atoms with E-state index in [0.717, 1.165) is 10.9 Å². The third kappa shape index (κ3) is 3.74. The molecule has 0 aliphatic rings. The van der Waals surface area contributed by atoms with E-state index in [1.807, 2.05) is 19.4 Å². The molecule has 1 N–H and O–H groups in total. The summed E-state index contributed by atoms with van der Waals surface area (Å²) >= 11 is 7.59. The van der Waals surface area contributed by atoms with Gasteiger partial charge in [0.15, 0.2) is 0 Å². The molecule has 0 saturated carbocycles. The van der Waals surface area contributed by atoms with E-state index < -0.39 is 0 Å². The second kappa shape index (κ2) is 6.26. The van der Waals surface area contributed by atoms with Crippen LogP contribution in [0.3, 0.4) is 0 Å². The fraction of sp³-hybridized carbons (Fsp3) is 0.250. The molecule has 0 aliphatic carbocycles. The summed E-state index contributed by atoms with van der Waals surface area (Å²) in [5.74, 6) is 0. The molecule has 17 heavy (non-hydrogen) atoms. The summed E-state index contributed by atoms with van der Waals surface area (Å²) in [6.45, 7) is 0. The number of halogens is 2. The molecule has 2 heterocycles. The Morgan fingerprint density at radius 3 is 2.88 bits per heavy atom. The van der Waals surface area contributed by atoms with Gasteiger partial charge < -0.3 is 5.32 Å². The highest BCUT2D eigenvalue weighted by Crippen LogP contribution is 2.25. The largest absolute Gasteiger partial charge is 0.313 e. The molecule has 0 aromatic carbocycles. The molecule has 0 fully saturated rings. The van der Waals surface area contributed by atoms with Crippen molar-refractivity contribution in [3.05, 3.63) is 48.4 Å². The zero-order valence-electron chi connectivity index (χ0n) is 9.28. The van der Waals surface area contributed by atoms with Crippen LogP contribution in [0.1, 0.15) is 17.2 Å². The Morgan fingerprint density at radius 2 is 2.29 bits per heavy atom. The van der Waals surface area contributed by atoms with Crippen molar-refractivity contribution in [1.29, 1.82) is 0 Å². The molecule has 2 aromatic rings. The highest BCUT2D eigenvalue weighted by molar-refractivity contribution is 14.1. The molecule has 0 spiro atoms. The molecule has 0 aliphatic heterocycles. The number of aromatic nitrogens is 1. The number of hydrogen-bond donors (Lipinski definition) is 1. The molecular formula is C12H12BrIN2S. The van der Waals surface area contributed by atoms with Gasteiger partial charge in [-0.15, -0.1) is 11.3 Å². The number of nitrogens with zero attached hydrogens (tertiary/aromatic N) is 1. The first-order valence-corrected chi connectivity index (χ1v) is 7.95. The minimum absolute atomic E-state index is 0.353. The molecule has 90 valence electrons. The van der Waals surface area contributed by atoms with Gasteiger partial charge in [-0.2, -0.15) is 0 Å². The molecule has 2 aromatic heterocycles. The summed E-state index contributed by atoms with van der Waals surface area (Å²) in [6.07, 6.45) is 4.69. The predicted molar refractivity (Wildman–Crippen MR) is 84.5 cm³/mol. The van der Waals surface area contributed by atoms with Crippen molar-refractivity contribution in [1.82, 2.24) is 10.3 Å². The van der Waals surface area contributed by atoms with Crippen LogP contribution in [0.5, 0.6) is 0 Å². The summed E-state index contributed by atoms with van der Waals surface area (Å²) in [6, 6.07) is 4.71. The van der Waals surface area contributed by atoms with Gasteiger partial charge in [-0.3, -0.25) is 4.98 Å². The van der Waals surface area contributed by atoms with E-state index >= 15 is 0 Å². The van der Waals surface area contributed by atoms with E-state index in [1.165, 1.54) is 14.0 Å². The molecule has 0 saturated heterocycles. The summed E-state index contributed by atoms with van der Waals surface area (Å²) in [7, 11) is 2.00. The quantitative estimate of drug-likeness (QED) is 0.753. The van der Waals surface area contributed by atoms with Crippen LogP contribution in [-0.2, 0) is 6.42 Å². The Bertz CT molecular complexity index is 501. The lowest BCUT2D eigenvalue weighted by molar-refractivity contribution is 0.592. The monoisotopic (exact) mass is 422 g/mol. The lowest BCUT2D eigenvalue weighted by atomic mass is 10.0. The van der Waals surface area contributed by atoms with Gasteiger partial charge in [-0.1, -0.05) is 0 Å². The third-order valence-corrected chi connectivity index (χ3v) is 4.78. The Kier molecular flexibility index (Phi) is 4.96. The lowest BCUT2D eigenvalue weighted by Crippen LogP contribution is -2.18. The van der Waals surface area contributed by atoms with E-state index in [1.54, 1.807) is 11.3 Å². The van der Waals surface area contributed by atoms with Gasteiger partial charge >= 0.3 is 0 Å². The number of pyridine rings is 1. The van der Waals surface area contributed by atoms with E-state index in [9.17, 15) is 0 Å². The zero-order chi connectivity index (χ0) is 12.3. The minimum Gasteiger partial charge on any atom is -0.313 e. The molecular weight excluding hydrogens is 411 g/mol. The smallest absolute Gasteiger partial charge is 0.0656 e. The van der Waals surface area contributed by atoms with Crippen LogP contribution in [-0.4, -0.2) is 12.0 Å². The maximum atomic E-state index is 4.20. The standard InChI is InChI=1S/C12H12BrIN2S/c1-15-11(9-4-12(14)17-7-9)3-8-2-10(13)6-16-5-8/h2,4-7,11,15H,3H2,1H3.